The minimum absolute atomic E-state index is 0.112. The number of nitrogens with two attached hydrogens (primary N) is 1. The second-order valence-corrected chi connectivity index (χ2v) is 5.14. The van der Waals surface area contributed by atoms with E-state index in [1.165, 1.54) is 7.11 Å². The van der Waals surface area contributed by atoms with Crippen LogP contribution in [-0.4, -0.2) is 31.2 Å². The summed E-state index contributed by atoms with van der Waals surface area (Å²) in [7, 11) is 3.05. The van der Waals surface area contributed by atoms with Crippen LogP contribution in [0.25, 0.3) is 0 Å². The van der Waals surface area contributed by atoms with Gasteiger partial charge in [0.15, 0.2) is 0 Å². The summed E-state index contributed by atoms with van der Waals surface area (Å²) in [5.74, 6) is 0.886. The Balaban J connectivity index is 3.00. The van der Waals surface area contributed by atoms with Crippen molar-refractivity contribution in [2.75, 3.05) is 14.2 Å². The van der Waals surface area contributed by atoms with E-state index in [1.807, 2.05) is 13.8 Å². The van der Waals surface area contributed by atoms with Crippen LogP contribution in [0.4, 0.5) is 0 Å². The smallest absolute Gasteiger partial charge is 0.255 e. The van der Waals surface area contributed by atoms with Gasteiger partial charge in [-0.1, -0.05) is 26.1 Å². The van der Waals surface area contributed by atoms with E-state index >= 15 is 0 Å². The van der Waals surface area contributed by atoms with Crippen molar-refractivity contribution in [3.05, 3.63) is 23.8 Å². The van der Waals surface area contributed by atoms with Crippen LogP contribution in [-0.2, 0) is 0 Å². The van der Waals surface area contributed by atoms with Gasteiger partial charge in [0.2, 0.25) is 0 Å². The van der Waals surface area contributed by atoms with Crippen LogP contribution < -0.4 is 20.5 Å². The lowest BCUT2D eigenvalue weighted by atomic mass is 10.0. The van der Waals surface area contributed by atoms with Gasteiger partial charge >= 0.3 is 0 Å². The molecule has 20 heavy (non-hydrogen) atoms. The van der Waals surface area contributed by atoms with Gasteiger partial charge in [0, 0.05) is 6.07 Å². The van der Waals surface area contributed by atoms with Gasteiger partial charge in [0.05, 0.1) is 30.8 Å². The summed E-state index contributed by atoms with van der Waals surface area (Å²) >= 11 is 4.97. The summed E-state index contributed by atoms with van der Waals surface area (Å²) in [4.78, 5) is 12.6. The van der Waals surface area contributed by atoms with Crippen molar-refractivity contribution in [2.45, 2.75) is 19.9 Å². The molecule has 0 aliphatic rings. The number of benzene rings is 1. The molecule has 1 unspecified atom stereocenters. The molecule has 0 aliphatic heterocycles. The van der Waals surface area contributed by atoms with Crippen LogP contribution in [0.3, 0.4) is 0 Å². The third-order valence-corrected chi connectivity index (χ3v) is 3.17. The van der Waals surface area contributed by atoms with Crippen LogP contribution in [0.5, 0.6) is 11.5 Å². The van der Waals surface area contributed by atoms with Gasteiger partial charge in [-0.2, -0.15) is 0 Å². The first-order valence-electron chi connectivity index (χ1n) is 6.23. The Bertz CT molecular complexity index is 503. The summed E-state index contributed by atoms with van der Waals surface area (Å²) in [6, 6.07) is 4.64. The molecule has 0 aliphatic carbocycles. The van der Waals surface area contributed by atoms with Crippen molar-refractivity contribution >= 4 is 23.1 Å². The molecule has 0 spiro atoms. The van der Waals surface area contributed by atoms with E-state index in [-0.39, 0.29) is 22.9 Å². The number of hydrogen-bond acceptors (Lipinski definition) is 4. The number of thiocarbonyl (C=S) groups is 1. The van der Waals surface area contributed by atoms with Crippen LogP contribution in [0, 0.1) is 5.92 Å². The topological polar surface area (TPSA) is 73.6 Å². The second-order valence-electron chi connectivity index (χ2n) is 4.66. The van der Waals surface area contributed by atoms with Crippen LogP contribution in [0.1, 0.15) is 24.2 Å². The first-order chi connectivity index (χ1) is 9.40. The molecule has 0 aromatic heterocycles. The highest BCUT2D eigenvalue weighted by atomic mass is 32.1. The molecule has 1 rings (SSSR count). The molecule has 5 nitrogen and oxygen atoms in total. The minimum Gasteiger partial charge on any atom is -0.497 e. The maximum Gasteiger partial charge on any atom is 0.255 e. The highest BCUT2D eigenvalue weighted by molar-refractivity contribution is 7.80. The highest BCUT2D eigenvalue weighted by Gasteiger charge is 2.21. The lowest BCUT2D eigenvalue weighted by Crippen LogP contribution is -2.46. The second kappa shape index (κ2) is 7.09. The Morgan fingerprint density at radius 3 is 2.40 bits per heavy atom. The number of hydrogen-bond donors (Lipinski definition) is 2. The number of rotatable bonds is 6. The molecule has 0 saturated carbocycles. The number of amides is 1. The number of carbonyl (C=O) groups is 1. The molecule has 1 aromatic rings. The molecule has 3 N–H and O–H groups in total. The Labute approximate surface area is 124 Å². The molecule has 110 valence electrons. The quantitative estimate of drug-likeness (QED) is 0.782. The van der Waals surface area contributed by atoms with Crippen molar-refractivity contribution in [3.8, 4) is 11.5 Å². The van der Waals surface area contributed by atoms with Crippen molar-refractivity contribution in [2.24, 2.45) is 11.7 Å². The Morgan fingerprint density at radius 1 is 1.30 bits per heavy atom. The lowest BCUT2D eigenvalue weighted by Gasteiger charge is -2.21. The van der Waals surface area contributed by atoms with Crippen molar-refractivity contribution in [1.29, 1.82) is 0 Å². The SMILES string of the molecule is COc1ccc(C(=O)NC(C(N)=S)C(C)C)c(OC)c1. The summed E-state index contributed by atoms with van der Waals surface area (Å²) in [5, 5.41) is 2.82. The molecular formula is C14H20N2O3S. The Morgan fingerprint density at radius 2 is 1.95 bits per heavy atom. The predicted octanol–water partition coefficient (Wildman–Crippen LogP) is 1.74. The molecule has 1 aromatic carbocycles. The average molecular weight is 296 g/mol. The highest BCUT2D eigenvalue weighted by Crippen LogP contribution is 2.24. The Kier molecular flexibility index (Phi) is 5.76. The zero-order valence-electron chi connectivity index (χ0n) is 12.1. The van der Waals surface area contributed by atoms with E-state index in [2.05, 4.69) is 5.32 Å². The van der Waals surface area contributed by atoms with E-state index in [1.54, 1.807) is 25.3 Å². The monoisotopic (exact) mass is 296 g/mol. The fourth-order valence-corrected chi connectivity index (χ4v) is 2.10. The van der Waals surface area contributed by atoms with Crippen LogP contribution >= 0.6 is 12.2 Å². The van der Waals surface area contributed by atoms with E-state index in [9.17, 15) is 4.79 Å². The normalized spacial score (nSPS) is 11.8. The Hall–Kier alpha value is -1.82. The van der Waals surface area contributed by atoms with Crippen LogP contribution in [0.15, 0.2) is 18.2 Å². The molecule has 0 fully saturated rings. The first kappa shape index (κ1) is 16.2. The molecule has 1 amide bonds. The summed E-state index contributed by atoms with van der Waals surface area (Å²) in [6.45, 7) is 3.88. The van der Waals surface area contributed by atoms with Gasteiger partial charge in [-0.05, 0) is 18.1 Å². The lowest BCUT2D eigenvalue weighted by molar-refractivity contribution is 0.0937. The number of methoxy groups -OCH3 is 2. The molecule has 1 atom stereocenters. The third-order valence-electron chi connectivity index (χ3n) is 2.91. The molecular weight excluding hydrogens is 276 g/mol. The molecule has 0 saturated heterocycles. The summed E-state index contributed by atoms with van der Waals surface area (Å²) < 4.78 is 10.3. The fraction of sp³-hybridized carbons (Fsp3) is 0.429. The third kappa shape index (κ3) is 3.84. The van der Waals surface area contributed by atoms with E-state index in [4.69, 9.17) is 27.4 Å². The molecule has 0 heterocycles. The van der Waals surface area contributed by atoms with Crippen molar-refractivity contribution < 1.29 is 14.3 Å². The van der Waals surface area contributed by atoms with Gasteiger partial charge in [-0.15, -0.1) is 0 Å². The largest absolute Gasteiger partial charge is 0.497 e. The predicted molar refractivity (Wildman–Crippen MR) is 82.4 cm³/mol. The standard InChI is InChI=1S/C14H20N2O3S/c1-8(2)12(13(15)20)16-14(17)10-6-5-9(18-3)7-11(10)19-4/h5-8,12H,1-4H3,(H2,15,20)(H,16,17). The number of nitrogens with one attached hydrogen (secondary N) is 1. The average Bonchev–Trinajstić information content (AvgIpc) is 2.42. The van der Waals surface area contributed by atoms with E-state index in [0.717, 1.165) is 0 Å². The maximum absolute atomic E-state index is 12.3. The molecule has 0 bridgehead atoms. The zero-order chi connectivity index (χ0) is 15.3. The fourth-order valence-electron chi connectivity index (χ4n) is 1.77. The van der Waals surface area contributed by atoms with Gasteiger partial charge in [-0.25, -0.2) is 0 Å². The zero-order valence-corrected chi connectivity index (χ0v) is 12.9. The van der Waals surface area contributed by atoms with Gasteiger partial charge in [0.1, 0.15) is 11.5 Å². The molecule has 0 radical (unpaired) electrons. The van der Waals surface area contributed by atoms with E-state index in [0.29, 0.717) is 17.1 Å². The number of ether oxygens (including phenoxy) is 2. The molecule has 6 heteroatoms. The van der Waals surface area contributed by atoms with Crippen molar-refractivity contribution in [3.63, 3.8) is 0 Å². The van der Waals surface area contributed by atoms with Crippen LogP contribution in [0.2, 0.25) is 0 Å². The van der Waals surface area contributed by atoms with Gasteiger partial charge in [-0.3, -0.25) is 4.79 Å². The minimum atomic E-state index is -0.357. The van der Waals surface area contributed by atoms with Gasteiger partial charge < -0.3 is 20.5 Å². The first-order valence-corrected chi connectivity index (χ1v) is 6.63. The summed E-state index contributed by atoms with van der Waals surface area (Å²) in [5.41, 5.74) is 6.06. The number of carbonyl (C=O) groups excluding carboxylic acids is 1. The summed E-state index contributed by atoms with van der Waals surface area (Å²) in [6.07, 6.45) is 0. The van der Waals surface area contributed by atoms with E-state index < -0.39 is 0 Å². The van der Waals surface area contributed by atoms with Crippen molar-refractivity contribution in [1.82, 2.24) is 5.32 Å². The maximum atomic E-state index is 12.3. The van der Waals surface area contributed by atoms with Gasteiger partial charge in [0.25, 0.3) is 5.91 Å².